The van der Waals surface area contributed by atoms with E-state index in [2.05, 4.69) is 0 Å². The largest absolute Gasteiger partial charge is 0.395 e. The summed E-state index contributed by atoms with van der Waals surface area (Å²) in [7, 11) is 5.21. The SMILES string of the molecule is CC(C)C(NC(=O)C(F)(F)C(F)(F)C(=O)NC(C(=O)N(C)C)C(C)C)C(=O)N(C)C. The second-order valence-electron chi connectivity index (χ2n) is 8.00. The number of hydrogen-bond acceptors (Lipinski definition) is 4. The third-order valence-corrected chi connectivity index (χ3v) is 4.28. The topological polar surface area (TPSA) is 98.8 Å². The van der Waals surface area contributed by atoms with Crippen LogP contribution in [0.25, 0.3) is 0 Å². The minimum Gasteiger partial charge on any atom is -0.347 e. The van der Waals surface area contributed by atoms with Gasteiger partial charge in [-0.15, -0.1) is 0 Å². The maximum absolute atomic E-state index is 14.3. The fraction of sp³-hybridized carbons (Fsp3) is 0.778. The van der Waals surface area contributed by atoms with Gasteiger partial charge in [0.25, 0.3) is 11.8 Å². The molecule has 0 bridgehead atoms. The molecule has 2 unspecified atom stereocenters. The molecule has 0 aliphatic rings. The minimum absolute atomic E-state index is 0.690. The van der Waals surface area contributed by atoms with Crippen LogP contribution in [0.3, 0.4) is 0 Å². The summed E-state index contributed by atoms with van der Waals surface area (Å²) < 4.78 is 57.2. The number of nitrogens with zero attached hydrogens (tertiary/aromatic N) is 2. The predicted molar refractivity (Wildman–Crippen MR) is 101 cm³/mol. The van der Waals surface area contributed by atoms with Gasteiger partial charge in [0.05, 0.1) is 0 Å². The summed E-state index contributed by atoms with van der Waals surface area (Å²) in [5.74, 6) is -18.8. The van der Waals surface area contributed by atoms with E-state index in [9.17, 15) is 36.7 Å². The number of rotatable bonds is 9. The van der Waals surface area contributed by atoms with Crippen LogP contribution in [-0.4, -0.2) is 85.5 Å². The first-order chi connectivity index (χ1) is 13.4. The quantitative estimate of drug-likeness (QED) is 0.514. The van der Waals surface area contributed by atoms with Crippen LogP contribution in [0.5, 0.6) is 0 Å². The Hall–Kier alpha value is -2.40. The van der Waals surface area contributed by atoms with E-state index in [1.165, 1.54) is 55.9 Å². The summed E-state index contributed by atoms with van der Waals surface area (Å²) in [5.41, 5.74) is 0. The van der Waals surface area contributed by atoms with Crippen molar-refractivity contribution in [3.8, 4) is 0 Å². The van der Waals surface area contributed by atoms with E-state index >= 15 is 0 Å². The average molecular weight is 442 g/mol. The van der Waals surface area contributed by atoms with Crippen LogP contribution in [0.2, 0.25) is 0 Å². The van der Waals surface area contributed by atoms with Crippen LogP contribution in [0.15, 0.2) is 0 Å². The first-order valence-corrected chi connectivity index (χ1v) is 9.19. The van der Waals surface area contributed by atoms with Gasteiger partial charge < -0.3 is 20.4 Å². The molecule has 0 saturated carbocycles. The Morgan fingerprint density at radius 2 is 0.867 bits per heavy atom. The standard InChI is InChI=1S/C18H30F4N4O4/c1-9(2)11(13(27)25(5)6)23-15(29)17(19,20)18(21,22)16(30)24-12(10(3)4)14(28)26(7)8/h9-12H,1-8H3,(H,23,29)(H,24,30). The van der Waals surface area contributed by atoms with E-state index in [4.69, 9.17) is 0 Å². The Morgan fingerprint density at radius 1 is 0.633 bits per heavy atom. The molecule has 0 aliphatic carbocycles. The van der Waals surface area contributed by atoms with Crippen molar-refractivity contribution in [1.29, 1.82) is 0 Å². The van der Waals surface area contributed by atoms with Crippen molar-refractivity contribution in [3.63, 3.8) is 0 Å². The molecule has 30 heavy (non-hydrogen) atoms. The van der Waals surface area contributed by atoms with E-state index in [1.807, 2.05) is 0 Å². The number of nitrogens with one attached hydrogen (secondary N) is 2. The molecule has 0 rings (SSSR count). The highest BCUT2D eigenvalue weighted by molar-refractivity contribution is 5.98. The molecule has 4 amide bonds. The lowest BCUT2D eigenvalue weighted by molar-refractivity contribution is -0.212. The summed E-state index contributed by atoms with van der Waals surface area (Å²) in [5, 5.41) is 3.20. The van der Waals surface area contributed by atoms with Gasteiger partial charge in [0, 0.05) is 28.2 Å². The van der Waals surface area contributed by atoms with Gasteiger partial charge in [-0.05, 0) is 11.8 Å². The summed E-state index contributed by atoms with van der Waals surface area (Å²) in [4.78, 5) is 50.0. The molecule has 2 atom stereocenters. The van der Waals surface area contributed by atoms with Gasteiger partial charge >= 0.3 is 11.8 Å². The molecule has 0 fully saturated rings. The van der Waals surface area contributed by atoms with E-state index in [0.717, 1.165) is 9.80 Å². The van der Waals surface area contributed by atoms with Crippen molar-refractivity contribution in [2.45, 2.75) is 51.6 Å². The Balaban J connectivity index is 5.72. The highest BCUT2D eigenvalue weighted by Crippen LogP contribution is 2.35. The number of carbonyl (C=O) groups excluding carboxylic acids is 4. The van der Waals surface area contributed by atoms with Gasteiger partial charge in [-0.2, -0.15) is 17.6 Å². The van der Waals surface area contributed by atoms with Gasteiger partial charge in [0.1, 0.15) is 12.1 Å². The number of alkyl halides is 4. The molecule has 0 saturated heterocycles. The predicted octanol–water partition coefficient (Wildman–Crippen LogP) is 0.715. The second-order valence-corrected chi connectivity index (χ2v) is 8.00. The van der Waals surface area contributed by atoms with Gasteiger partial charge in [0.15, 0.2) is 0 Å². The highest BCUT2D eigenvalue weighted by Gasteiger charge is 2.67. The maximum atomic E-state index is 14.3. The Bertz CT molecular complexity index is 611. The van der Waals surface area contributed by atoms with E-state index in [-0.39, 0.29) is 0 Å². The van der Waals surface area contributed by atoms with Crippen LogP contribution in [0.4, 0.5) is 17.6 Å². The summed E-state index contributed by atoms with van der Waals surface area (Å²) in [6.45, 7) is 5.70. The Labute approximate surface area is 173 Å². The van der Waals surface area contributed by atoms with Crippen LogP contribution >= 0.6 is 0 Å². The Morgan fingerprint density at radius 3 is 1.03 bits per heavy atom. The molecule has 8 nitrogen and oxygen atoms in total. The third kappa shape index (κ3) is 6.05. The molecular weight excluding hydrogens is 412 g/mol. The van der Waals surface area contributed by atoms with Crippen LogP contribution in [0, 0.1) is 11.8 Å². The van der Waals surface area contributed by atoms with Crippen molar-refractivity contribution in [2.24, 2.45) is 11.8 Å². The van der Waals surface area contributed by atoms with Crippen molar-refractivity contribution >= 4 is 23.6 Å². The number of carbonyl (C=O) groups is 4. The second kappa shape index (κ2) is 10.1. The lowest BCUT2D eigenvalue weighted by Gasteiger charge is -2.31. The molecule has 12 heteroatoms. The van der Waals surface area contributed by atoms with Gasteiger partial charge in [-0.3, -0.25) is 19.2 Å². The smallest absolute Gasteiger partial charge is 0.347 e. The average Bonchev–Trinajstić information content (AvgIpc) is 2.61. The van der Waals surface area contributed by atoms with E-state index in [0.29, 0.717) is 0 Å². The van der Waals surface area contributed by atoms with Crippen molar-refractivity contribution in [1.82, 2.24) is 20.4 Å². The molecule has 0 spiro atoms. The number of amides is 4. The van der Waals surface area contributed by atoms with Gasteiger partial charge in [0.2, 0.25) is 11.8 Å². The van der Waals surface area contributed by atoms with E-state index < -0.39 is 59.4 Å². The van der Waals surface area contributed by atoms with E-state index in [1.54, 1.807) is 10.6 Å². The van der Waals surface area contributed by atoms with Crippen LogP contribution < -0.4 is 10.6 Å². The molecular formula is C18H30F4N4O4. The molecule has 2 N–H and O–H groups in total. The zero-order valence-electron chi connectivity index (χ0n) is 18.3. The zero-order valence-corrected chi connectivity index (χ0v) is 18.3. The normalized spacial score (nSPS) is 14.2. The summed E-state index contributed by atoms with van der Waals surface area (Å²) >= 11 is 0. The molecule has 0 aliphatic heterocycles. The van der Waals surface area contributed by atoms with Gasteiger partial charge in [-0.1, -0.05) is 27.7 Å². The Kier molecular flexibility index (Phi) is 9.27. The van der Waals surface area contributed by atoms with Crippen molar-refractivity contribution < 1.29 is 36.7 Å². The van der Waals surface area contributed by atoms with Crippen molar-refractivity contribution in [2.75, 3.05) is 28.2 Å². The zero-order chi connectivity index (χ0) is 24.2. The summed E-state index contributed by atoms with van der Waals surface area (Å²) in [6.07, 6.45) is 0. The minimum atomic E-state index is -5.47. The monoisotopic (exact) mass is 442 g/mol. The number of halogens is 4. The first-order valence-electron chi connectivity index (χ1n) is 9.19. The molecule has 0 aromatic rings. The van der Waals surface area contributed by atoms with Crippen LogP contribution in [0.1, 0.15) is 27.7 Å². The van der Waals surface area contributed by atoms with Gasteiger partial charge in [-0.25, -0.2) is 0 Å². The highest BCUT2D eigenvalue weighted by atomic mass is 19.3. The summed E-state index contributed by atoms with van der Waals surface area (Å²) in [6, 6.07) is -3.01. The molecule has 0 heterocycles. The van der Waals surface area contributed by atoms with Crippen LogP contribution in [-0.2, 0) is 19.2 Å². The fourth-order valence-electron chi connectivity index (χ4n) is 2.33. The van der Waals surface area contributed by atoms with Crippen molar-refractivity contribution in [3.05, 3.63) is 0 Å². The molecule has 0 radical (unpaired) electrons. The first kappa shape index (κ1) is 27.6. The molecule has 0 aromatic heterocycles. The third-order valence-electron chi connectivity index (χ3n) is 4.28. The molecule has 0 aromatic carbocycles. The fourth-order valence-corrected chi connectivity index (χ4v) is 2.33. The lowest BCUT2D eigenvalue weighted by atomic mass is 10.0. The molecule has 174 valence electrons. The number of likely N-dealkylation sites (N-methyl/N-ethyl adjacent to an activating group) is 2. The number of hydrogen-bond donors (Lipinski definition) is 2. The lowest BCUT2D eigenvalue weighted by Crippen LogP contribution is -2.64. The maximum Gasteiger partial charge on any atom is 0.395 e.